The van der Waals surface area contributed by atoms with Crippen LogP contribution in [-0.4, -0.2) is 34.7 Å². The average Bonchev–Trinajstić information content (AvgIpc) is 2.60. The molecule has 0 unspecified atom stereocenters. The van der Waals surface area contributed by atoms with Crippen molar-refractivity contribution in [3.05, 3.63) is 23.7 Å². The lowest BCUT2D eigenvalue weighted by atomic mass is 10.2. The summed E-state index contributed by atoms with van der Waals surface area (Å²) in [5.74, 6) is -1.90. The highest BCUT2D eigenvalue weighted by molar-refractivity contribution is 5.95. The van der Waals surface area contributed by atoms with Crippen LogP contribution in [0.3, 0.4) is 0 Å². The average molecular weight is 213 g/mol. The zero-order valence-electron chi connectivity index (χ0n) is 8.06. The van der Waals surface area contributed by atoms with Crippen molar-refractivity contribution in [3.63, 3.8) is 0 Å². The molecule has 1 amide bonds. The topological polar surface area (TPSA) is 99.8 Å². The van der Waals surface area contributed by atoms with Gasteiger partial charge in [-0.25, -0.2) is 4.79 Å². The zero-order chi connectivity index (χ0) is 11.4. The Balaban J connectivity index is 2.71. The predicted octanol–water partition coefficient (Wildman–Crippen LogP) is -0.237. The van der Waals surface area contributed by atoms with Gasteiger partial charge in [-0.3, -0.25) is 4.79 Å². The summed E-state index contributed by atoms with van der Waals surface area (Å²) in [6.45, 7) is 0.994. The molecule has 0 aromatic carbocycles. The van der Waals surface area contributed by atoms with Gasteiger partial charge in [-0.05, 0) is 13.0 Å². The molecule has 1 atom stereocenters. The first-order chi connectivity index (χ1) is 7.06. The molecule has 0 spiro atoms. The second kappa shape index (κ2) is 4.61. The van der Waals surface area contributed by atoms with E-state index in [0.717, 1.165) is 0 Å². The molecule has 1 rings (SSSR count). The van der Waals surface area contributed by atoms with E-state index in [1.54, 1.807) is 13.0 Å². The van der Waals surface area contributed by atoms with Crippen molar-refractivity contribution < 1.29 is 24.2 Å². The fraction of sp³-hybridized carbons (Fsp3) is 0.333. The van der Waals surface area contributed by atoms with Gasteiger partial charge < -0.3 is 19.9 Å². The molecule has 1 aromatic heterocycles. The van der Waals surface area contributed by atoms with Crippen LogP contribution in [0.5, 0.6) is 0 Å². The summed E-state index contributed by atoms with van der Waals surface area (Å²) in [6.07, 6.45) is 1.33. The number of rotatable bonds is 4. The van der Waals surface area contributed by atoms with Crippen LogP contribution in [0.15, 0.2) is 16.7 Å². The van der Waals surface area contributed by atoms with Crippen molar-refractivity contribution >= 4 is 11.9 Å². The monoisotopic (exact) mass is 213 g/mol. The van der Waals surface area contributed by atoms with Crippen molar-refractivity contribution in [3.8, 4) is 0 Å². The van der Waals surface area contributed by atoms with E-state index in [0.29, 0.717) is 5.56 Å². The van der Waals surface area contributed by atoms with Crippen LogP contribution in [0.2, 0.25) is 0 Å². The minimum absolute atomic E-state index is 0.0506. The Kier molecular flexibility index (Phi) is 3.46. The summed E-state index contributed by atoms with van der Waals surface area (Å²) in [5, 5.41) is 19.4. The van der Waals surface area contributed by atoms with Gasteiger partial charge in [-0.1, -0.05) is 0 Å². The van der Waals surface area contributed by atoms with Crippen LogP contribution >= 0.6 is 0 Å². The van der Waals surface area contributed by atoms with Crippen LogP contribution in [0, 0.1) is 6.92 Å². The summed E-state index contributed by atoms with van der Waals surface area (Å²) in [6, 6.07) is 0.269. The highest BCUT2D eigenvalue weighted by Gasteiger charge is 2.21. The van der Waals surface area contributed by atoms with Gasteiger partial charge in [0.1, 0.15) is 0 Å². The van der Waals surface area contributed by atoms with Gasteiger partial charge in [0, 0.05) is 5.56 Å². The minimum Gasteiger partial charge on any atom is -0.480 e. The normalized spacial score (nSPS) is 12.1. The maximum atomic E-state index is 11.4. The Bertz CT molecular complexity index is 370. The third kappa shape index (κ3) is 2.57. The molecule has 0 aliphatic rings. The molecule has 6 heteroatoms. The highest BCUT2D eigenvalue weighted by atomic mass is 16.4. The van der Waals surface area contributed by atoms with Gasteiger partial charge in [0.2, 0.25) is 0 Å². The van der Waals surface area contributed by atoms with Gasteiger partial charge in [-0.2, -0.15) is 0 Å². The number of aliphatic hydroxyl groups is 1. The molecule has 1 aromatic rings. The lowest BCUT2D eigenvalue weighted by Gasteiger charge is -2.10. The first-order valence-corrected chi connectivity index (χ1v) is 4.25. The number of aryl methyl sites for hydroxylation is 1. The number of hydrogen-bond donors (Lipinski definition) is 3. The fourth-order valence-corrected chi connectivity index (χ4v) is 1.01. The molecule has 0 saturated carbocycles. The quantitative estimate of drug-likeness (QED) is 0.641. The Morgan fingerprint density at radius 2 is 2.27 bits per heavy atom. The lowest BCUT2D eigenvalue weighted by Crippen LogP contribution is -2.43. The summed E-state index contributed by atoms with van der Waals surface area (Å²) in [7, 11) is 0. The van der Waals surface area contributed by atoms with Crippen molar-refractivity contribution in [1.82, 2.24) is 5.32 Å². The first kappa shape index (κ1) is 11.3. The number of carboxylic acid groups (broad SMARTS) is 1. The third-order valence-corrected chi connectivity index (χ3v) is 1.85. The van der Waals surface area contributed by atoms with Crippen molar-refractivity contribution in [2.75, 3.05) is 6.61 Å². The molecule has 15 heavy (non-hydrogen) atoms. The molecule has 0 radical (unpaired) electrons. The molecule has 3 N–H and O–H groups in total. The number of aliphatic hydroxyl groups excluding tert-OH is 1. The molecule has 6 nitrogen and oxygen atoms in total. The van der Waals surface area contributed by atoms with E-state index in [4.69, 9.17) is 14.6 Å². The van der Waals surface area contributed by atoms with Crippen LogP contribution < -0.4 is 5.32 Å². The molecular weight excluding hydrogens is 202 g/mol. The number of carbonyl (C=O) groups is 2. The van der Waals surface area contributed by atoms with Gasteiger partial charge >= 0.3 is 5.97 Å². The first-order valence-electron chi connectivity index (χ1n) is 4.25. The number of carboxylic acids is 1. The number of nitrogens with one attached hydrogen (secondary N) is 1. The van der Waals surface area contributed by atoms with Crippen LogP contribution in [0.25, 0.3) is 0 Å². The summed E-state index contributed by atoms with van der Waals surface area (Å²) >= 11 is 0. The fourth-order valence-electron chi connectivity index (χ4n) is 1.01. The number of hydrogen-bond acceptors (Lipinski definition) is 4. The number of aliphatic carboxylic acids is 1. The SMILES string of the molecule is Cc1ccoc1C(=O)N[C@@H](CO)C(=O)O. The zero-order valence-corrected chi connectivity index (χ0v) is 8.06. The second-order valence-corrected chi connectivity index (χ2v) is 2.98. The Morgan fingerprint density at radius 1 is 1.60 bits per heavy atom. The molecule has 0 saturated heterocycles. The van der Waals surface area contributed by atoms with Crippen molar-refractivity contribution in [2.45, 2.75) is 13.0 Å². The molecule has 0 bridgehead atoms. The molecule has 1 heterocycles. The maximum absolute atomic E-state index is 11.4. The van der Waals surface area contributed by atoms with E-state index in [-0.39, 0.29) is 5.76 Å². The van der Waals surface area contributed by atoms with Crippen molar-refractivity contribution in [2.24, 2.45) is 0 Å². The Morgan fingerprint density at radius 3 is 2.67 bits per heavy atom. The third-order valence-electron chi connectivity index (χ3n) is 1.85. The predicted molar refractivity (Wildman–Crippen MR) is 49.4 cm³/mol. The summed E-state index contributed by atoms with van der Waals surface area (Å²) in [5.41, 5.74) is 0.606. The van der Waals surface area contributed by atoms with Crippen molar-refractivity contribution in [1.29, 1.82) is 0 Å². The van der Waals surface area contributed by atoms with Gasteiger partial charge in [-0.15, -0.1) is 0 Å². The van der Waals surface area contributed by atoms with Crippen LogP contribution in [0.1, 0.15) is 16.1 Å². The van der Waals surface area contributed by atoms with Gasteiger partial charge in [0.05, 0.1) is 12.9 Å². The van der Waals surface area contributed by atoms with Crippen LogP contribution in [-0.2, 0) is 4.79 Å². The largest absolute Gasteiger partial charge is 0.480 e. The van der Waals surface area contributed by atoms with Gasteiger partial charge in [0.25, 0.3) is 5.91 Å². The van der Waals surface area contributed by atoms with Gasteiger partial charge in [0.15, 0.2) is 11.8 Å². The minimum atomic E-state index is -1.32. The van der Waals surface area contributed by atoms with E-state index in [2.05, 4.69) is 5.32 Å². The van der Waals surface area contributed by atoms with E-state index in [1.807, 2.05) is 0 Å². The molecule has 0 fully saturated rings. The lowest BCUT2D eigenvalue weighted by molar-refractivity contribution is -0.140. The molecule has 0 aliphatic heterocycles. The number of furan rings is 1. The Labute approximate surface area is 85.5 Å². The molecule has 0 aliphatic carbocycles. The molecule has 82 valence electrons. The van der Waals surface area contributed by atoms with E-state index in [9.17, 15) is 9.59 Å². The second-order valence-electron chi connectivity index (χ2n) is 2.98. The number of carbonyl (C=O) groups excluding carboxylic acids is 1. The highest BCUT2D eigenvalue weighted by Crippen LogP contribution is 2.08. The summed E-state index contributed by atoms with van der Waals surface area (Å²) in [4.78, 5) is 21.9. The van der Waals surface area contributed by atoms with E-state index < -0.39 is 24.5 Å². The standard InChI is InChI=1S/C9H11NO5/c1-5-2-3-15-7(5)8(12)10-6(4-11)9(13)14/h2-3,6,11H,4H2,1H3,(H,10,12)(H,13,14)/t6-/m0/s1. The van der Waals surface area contributed by atoms with E-state index >= 15 is 0 Å². The number of amides is 1. The Hall–Kier alpha value is -1.82. The summed E-state index contributed by atoms with van der Waals surface area (Å²) < 4.78 is 4.86. The van der Waals surface area contributed by atoms with E-state index in [1.165, 1.54) is 6.26 Å². The smallest absolute Gasteiger partial charge is 0.328 e. The maximum Gasteiger partial charge on any atom is 0.328 e. The van der Waals surface area contributed by atoms with Crippen LogP contribution in [0.4, 0.5) is 0 Å². The molecular formula is C9H11NO5.